The molecule has 3 nitrogen and oxygen atoms in total. The third kappa shape index (κ3) is 3.19. The van der Waals surface area contributed by atoms with Gasteiger partial charge in [0, 0.05) is 37.7 Å². The highest BCUT2D eigenvalue weighted by atomic mass is 35.5. The number of piperazine rings is 1. The second kappa shape index (κ2) is 5.83. The van der Waals surface area contributed by atoms with Crippen LogP contribution in [0.3, 0.4) is 0 Å². The smallest absolute Gasteiger partial charge is 0.0920 e. The molecule has 1 aliphatic heterocycles. The molecule has 4 heteroatoms. The molecule has 1 fully saturated rings. The molecule has 1 saturated heterocycles. The number of nitrogens with zero attached hydrogens (tertiary/aromatic N) is 1. The van der Waals surface area contributed by atoms with Crippen molar-refractivity contribution < 1.29 is 5.11 Å². The van der Waals surface area contributed by atoms with Crippen molar-refractivity contribution in [1.29, 1.82) is 0 Å². The van der Waals surface area contributed by atoms with Gasteiger partial charge in [-0.05, 0) is 24.1 Å². The summed E-state index contributed by atoms with van der Waals surface area (Å²) in [4.78, 5) is 2.28. The molecule has 2 rings (SSSR count). The quantitative estimate of drug-likeness (QED) is 0.860. The maximum atomic E-state index is 10.3. The Bertz CT molecular complexity index is 378. The molecule has 0 radical (unpaired) electrons. The molecule has 1 aromatic rings. The van der Waals surface area contributed by atoms with Gasteiger partial charge in [0.2, 0.25) is 0 Å². The molecule has 0 saturated carbocycles. The van der Waals surface area contributed by atoms with Crippen molar-refractivity contribution in [2.45, 2.75) is 13.0 Å². The van der Waals surface area contributed by atoms with Crippen LogP contribution >= 0.6 is 11.6 Å². The highest BCUT2D eigenvalue weighted by Crippen LogP contribution is 2.24. The minimum atomic E-state index is -0.452. The Balaban J connectivity index is 2.03. The van der Waals surface area contributed by atoms with Gasteiger partial charge in [-0.15, -0.1) is 0 Å². The topological polar surface area (TPSA) is 35.5 Å². The summed E-state index contributed by atoms with van der Waals surface area (Å²) in [5, 5.41) is 14.3. The zero-order chi connectivity index (χ0) is 12.3. The Labute approximate surface area is 107 Å². The Morgan fingerprint density at radius 2 is 2.12 bits per heavy atom. The van der Waals surface area contributed by atoms with Crippen LogP contribution < -0.4 is 5.32 Å². The van der Waals surface area contributed by atoms with E-state index in [1.54, 1.807) is 0 Å². The van der Waals surface area contributed by atoms with Crippen LogP contribution in [0.2, 0.25) is 5.02 Å². The average Bonchev–Trinajstić information content (AvgIpc) is 2.34. The van der Waals surface area contributed by atoms with Crippen molar-refractivity contribution in [2.75, 3.05) is 32.7 Å². The standard InChI is InChI=1S/C13H19ClN2O/c1-10-11(3-2-4-12(10)14)13(17)9-16-7-5-15-6-8-16/h2-4,13,15,17H,5-9H2,1H3. The van der Waals surface area contributed by atoms with Crippen molar-refractivity contribution in [2.24, 2.45) is 0 Å². The molecule has 1 unspecified atom stereocenters. The van der Waals surface area contributed by atoms with Crippen LogP contribution in [0.1, 0.15) is 17.2 Å². The number of rotatable bonds is 3. The fourth-order valence-corrected chi connectivity index (χ4v) is 2.40. The molecule has 1 heterocycles. The van der Waals surface area contributed by atoms with Crippen LogP contribution in [0.5, 0.6) is 0 Å². The van der Waals surface area contributed by atoms with Gasteiger partial charge < -0.3 is 10.4 Å². The third-order valence-corrected chi connectivity index (χ3v) is 3.72. The van der Waals surface area contributed by atoms with Crippen molar-refractivity contribution >= 4 is 11.6 Å². The Kier molecular flexibility index (Phi) is 4.40. The van der Waals surface area contributed by atoms with Crippen molar-refractivity contribution in [3.05, 3.63) is 34.3 Å². The lowest BCUT2D eigenvalue weighted by Crippen LogP contribution is -2.45. The molecule has 17 heavy (non-hydrogen) atoms. The minimum absolute atomic E-state index is 0.452. The molecule has 1 aliphatic rings. The van der Waals surface area contributed by atoms with Gasteiger partial charge in [-0.3, -0.25) is 4.90 Å². The van der Waals surface area contributed by atoms with Gasteiger partial charge in [0.15, 0.2) is 0 Å². The number of hydrogen-bond acceptors (Lipinski definition) is 3. The van der Waals surface area contributed by atoms with E-state index in [1.807, 2.05) is 25.1 Å². The molecule has 0 aliphatic carbocycles. The monoisotopic (exact) mass is 254 g/mol. The van der Waals surface area contributed by atoms with Crippen molar-refractivity contribution in [1.82, 2.24) is 10.2 Å². The molecule has 0 spiro atoms. The molecule has 0 amide bonds. The fourth-order valence-electron chi connectivity index (χ4n) is 2.22. The van der Waals surface area contributed by atoms with E-state index in [9.17, 15) is 5.11 Å². The van der Waals surface area contributed by atoms with Gasteiger partial charge in [0.1, 0.15) is 0 Å². The SMILES string of the molecule is Cc1c(Cl)cccc1C(O)CN1CCNCC1. The van der Waals surface area contributed by atoms with E-state index in [2.05, 4.69) is 10.2 Å². The molecular weight excluding hydrogens is 236 g/mol. The van der Waals surface area contributed by atoms with Gasteiger partial charge in [0.05, 0.1) is 6.10 Å². The van der Waals surface area contributed by atoms with E-state index in [4.69, 9.17) is 11.6 Å². The van der Waals surface area contributed by atoms with E-state index in [-0.39, 0.29) is 0 Å². The van der Waals surface area contributed by atoms with E-state index in [1.165, 1.54) is 0 Å². The van der Waals surface area contributed by atoms with E-state index >= 15 is 0 Å². The first kappa shape index (κ1) is 12.8. The summed E-state index contributed by atoms with van der Waals surface area (Å²) < 4.78 is 0. The summed E-state index contributed by atoms with van der Waals surface area (Å²) in [5.74, 6) is 0. The highest BCUT2D eigenvalue weighted by molar-refractivity contribution is 6.31. The second-order valence-corrected chi connectivity index (χ2v) is 4.93. The van der Waals surface area contributed by atoms with E-state index < -0.39 is 6.10 Å². The van der Waals surface area contributed by atoms with Crippen LogP contribution in [-0.4, -0.2) is 42.7 Å². The van der Waals surface area contributed by atoms with Gasteiger partial charge in [-0.25, -0.2) is 0 Å². The van der Waals surface area contributed by atoms with Crippen molar-refractivity contribution in [3.8, 4) is 0 Å². The minimum Gasteiger partial charge on any atom is -0.387 e. The lowest BCUT2D eigenvalue weighted by Gasteiger charge is -2.29. The van der Waals surface area contributed by atoms with Crippen LogP contribution in [0.25, 0.3) is 0 Å². The van der Waals surface area contributed by atoms with E-state index in [0.717, 1.165) is 42.3 Å². The molecule has 0 aromatic heterocycles. The summed E-state index contributed by atoms with van der Waals surface area (Å²) in [6.45, 7) is 6.64. The predicted molar refractivity (Wildman–Crippen MR) is 70.5 cm³/mol. The van der Waals surface area contributed by atoms with Gasteiger partial charge in [-0.2, -0.15) is 0 Å². The summed E-state index contributed by atoms with van der Waals surface area (Å²) in [6, 6.07) is 5.71. The summed E-state index contributed by atoms with van der Waals surface area (Å²) in [5.41, 5.74) is 1.92. The maximum absolute atomic E-state index is 10.3. The Morgan fingerprint density at radius 1 is 1.41 bits per heavy atom. The summed E-state index contributed by atoms with van der Waals surface area (Å²) >= 11 is 6.07. The summed E-state index contributed by atoms with van der Waals surface area (Å²) in [7, 11) is 0. The molecule has 94 valence electrons. The number of benzene rings is 1. The molecule has 1 atom stereocenters. The lowest BCUT2D eigenvalue weighted by atomic mass is 10.0. The summed E-state index contributed by atoms with van der Waals surface area (Å²) in [6.07, 6.45) is -0.452. The molecule has 2 N–H and O–H groups in total. The third-order valence-electron chi connectivity index (χ3n) is 3.31. The number of β-amino-alcohol motifs (C(OH)–C–C–N with tert-alkyl or cyclic N) is 1. The number of nitrogens with one attached hydrogen (secondary N) is 1. The largest absolute Gasteiger partial charge is 0.387 e. The van der Waals surface area contributed by atoms with Gasteiger partial charge >= 0.3 is 0 Å². The maximum Gasteiger partial charge on any atom is 0.0920 e. The zero-order valence-corrected chi connectivity index (χ0v) is 10.9. The number of hydrogen-bond donors (Lipinski definition) is 2. The van der Waals surface area contributed by atoms with Crippen molar-refractivity contribution in [3.63, 3.8) is 0 Å². The Morgan fingerprint density at radius 3 is 2.82 bits per heavy atom. The first-order valence-electron chi connectivity index (χ1n) is 6.04. The van der Waals surface area contributed by atoms with Crippen LogP contribution in [-0.2, 0) is 0 Å². The second-order valence-electron chi connectivity index (χ2n) is 4.52. The fraction of sp³-hybridized carbons (Fsp3) is 0.538. The van der Waals surface area contributed by atoms with Gasteiger partial charge in [0.25, 0.3) is 0 Å². The number of aliphatic hydroxyl groups is 1. The zero-order valence-electron chi connectivity index (χ0n) is 10.1. The molecular formula is C13H19ClN2O. The Hall–Kier alpha value is -0.610. The number of halogens is 1. The first-order chi connectivity index (χ1) is 8.18. The number of aliphatic hydroxyl groups excluding tert-OH is 1. The normalized spacial score (nSPS) is 19.2. The van der Waals surface area contributed by atoms with Crippen LogP contribution in [0, 0.1) is 6.92 Å². The molecule has 1 aromatic carbocycles. The predicted octanol–water partition coefficient (Wildman–Crippen LogP) is 1.59. The first-order valence-corrected chi connectivity index (χ1v) is 6.42. The average molecular weight is 255 g/mol. The molecule has 0 bridgehead atoms. The lowest BCUT2D eigenvalue weighted by molar-refractivity contribution is 0.105. The van der Waals surface area contributed by atoms with E-state index in [0.29, 0.717) is 6.54 Å². The van der Waals surface area contributed by atoms with Crippen LogP contribution in [0.4, 0.5) is 0 Å². The van der Waals surface area contributed by atoms with Gasteiger partial charge in [-0.1, -0.05) is 23.7 Å². The highest BCUT2D eigenvalue weighted by Gasteiger charge is 2.17. The van der Waals surface area contributed by atoms with Crippen LogP contribution in [0.15, 0.2) is 18.2 Å².